The van der Waals surface area contributed by atoms with E-state index in [1.807, 2.05) is 6.92 Å². The molecule has 0 atom stereocenters. The zero-order valence-electron chi connectivity index (χ0n) is 14.4. The maximum Gasteiger partial charge on any atom is 0.335 e. The number of carboxylic acids is 1. The topological polar surface area (TPSA) is 82.1 Å². The maximum absolute atomic E-state index is 12.6. The fourth-order valence-corrected chi connectivity index (χ4v) is 2.57. The molecule has 2 aromatic carbocycles. The van der Waals surface area contributed by atoms with Gasteiger partial charge in [0.15, 0.2) is 5.76 Å². The molecule has 0 aromatic heterocycles. The Morgan fingerprint density at radius 1 is 1.23 bits per heavy atom. The molecule has 0 radical (unpaired) electrons. The lowest BCUT2D eigenvalue weighted by molar-refractivity contribution is 0.0697. The van der Waals surface area contributed by atoms with Gasteiger partial charge in [0.25, 0.3) is 0 Å². The number of hydrogen-bond acceptors (Lipinski definition) is 5. The van der Waals surface area contributed by atoms with Crippen LogP contribution in [0.15, 0.2) is 42.2 Å². The highest BCUT2D eigenvalue weighted by atomic mass is 16.5. The first-order valence-corrected chi connectivity index (χ1v) is 8.16. The minimum Gasteiger partial charge on any atom is -0.497 e. The molecule has 26 heavy (non-hydrogen) atoms. The summed E-state index contributed by atoms with van der Waals surface area (Å²) < 4.78 is 16.6. The van der Waals surface area contributed by atoms with E-state index in [-0.39, 0.29) is 22.7 Å². The van der Waals surface area contributed by atoms with Crippen molar-refractivity contribution >= 4 is 17.8 Å². The molecular weight excluding hydrogens is 336 g/mol. The van der Waals surface area contributed by atoms with Crippen LogP contribution in [0.4, 0.5) is 0 Å². The lowest BCUT2D eigenvalue weighted by Crippen LogP contribution is -2.02. The molecule has 6 nitrogen and oxygen atoms in total. The van der Waals surface area contributed by atoms with Crippen molar-refractivity contribution in [2.45, 2.75) is 13.3 Å². The molecule has 0 amide bonds. The number of aromatic carboxylic acids is 1. The fourth-order valence-electron chi connectivity index (χ4n) is 2.57. The summed E-state index contributed by atoms with van der Waals surface area (Å²) in [6.45, 7) is 2.54. The molecule has 1 heterocycles. The number of allylic oxidation sites excluding steroid dienone is 1. The summed E-state index contributed by atoms with van der Waals surface area (Å²) in [6, 6.07) is 9.51. The number of ether oxygens (including phenoxy) is 3. The molecule has 0 fully saturated rings. The molecule has 0 spiro atoms. The van der Waals surface area contributed by atoms with Crippen LogP contribution in [0.2, 0.25) is 0 Å². The summed E-state index contributed by atoms with van der Waals surface area (Å²) in [4.78, 5) is 23.7. The van der Waals surface area contributed by atoms with Crippen molar-refractivity contribution in [2.75, 3.05) is 13.7 Å². The van der Waals surface area contributed by atoms with Crippen LogP contribution < -0.4 is 14.2 Å². The summed E-state index contributed by atoms with van der Waals surface area (Å²) in [5.74, 6) is 0.214. The summed E-state index contributed by atoms with van der Waals surface area (Å²) in [5, 5.41) is 9.08. The van der Waals surface area contributed by atoms with Gasteiger partial charge in [-0.2, -0.15) is 0 Å². The average molecular weight is 354 g/mol. The number of Topliss-reactive ketones (excluding diaryl/α,β-unsaturated/α-hetero) is 1. The minimum absolute atomic E-state index is 0.0373. The van der Waals surface area contributed by atoms with E-state index in [4.69, 9.17) is 19.3 Å². The standard InChI is InChI=1S/C20H18O6/c1-3-8-25-16-7-5-14(24-2)9-13(16)11-18-19(21)15-10-12(20(22)23)4-6-17(15)26-18/h4-7,9-11H,3,8H2,1-2H3,(H,22,23). The SMILES string of the molecule is CCCOc1ccc(OC)cc1C=C1Oc2ccc(C(=O)O)cc2C1=O. The molecule has 0 saturated carbocycles. The van der Waals surface area contributed by atoms with Gasteiger partial charge >= 0.3 is 5.97 Å². The van der Waals surface area contributed by atoms with Gasteiger partial charge in [0, 0.05) is 5.56 Å². The third-order valence-corrected chi connectivity index (χ3v) is 3.88. The second-order valence-electron chi connectivity index (χ2n) is 5.71. The molecule has 1 aliphatic rings. The molecule has 0 aliphatic carbocycles. The Kier molecular flexibility index (Phi) is 4.93. The number of hydrogen-bond donors (Lipinski definition) is 1. The Morgan fingerprint density at radius 2 is 2.04 bits per heavy atom. The number of carbonyl (C=O) groups excluding carboxylic acids is 1. The van der Waals surface area contributed by atoms with E-state index in [9.17, 15) is 9.59 Å². The molecule has 2 aromatic rings. The van der Waals surface area contributed by atoms with Crippen LogP contribution in [0.5, 0.6) is 17.2 Å². The number of ketones is 1. The molecular formula is C20H18O6. The van der Waals surface area contributed by atoms with Gasteiger partial charge in [-0.05, 0) is 48.9 Å². The fraction of sp³-hybridized carbons (Fsp3) is 0.200. The van der Waals surface area contributed by atoms with Gasteiger partial charge in [-0.15, -0.1) is 0 Å². The van der Waals surface area contributed by atoms with E-state index in [0.717, 1.165) is 6.42 Å². The number of methoxy groups -OCH3 is 1. The van der Waals surface area contributed by atoms with Gasteiger partial charge < -0.3 is 19.3 Å². The van der Waals surface area contributed by atoms with Gasteiger partial charge in [-0.1, -0.05) is 6.92 Å². The highest BCUT2D eigenvalue weighted by Gasteiger charge is 2.28. The van der Waals surface area contributed by atoms with Crippen molar-refractivity contribution in [2.24, 2.45) is 0 Å². The molecule has 6 heteroatoms. The third kappa shape index (κ3) is 3.39. The molecule has 134 valence electrons. The van der Waals surface area contributed by atoms with Gasteiger partial charge in [0.1, 0.15) is 17.2 Å². The van der Waals surface area contributed by atoms with E-state index < -0.39 is 5.97 Å². The lowest BCUT2D eigenvalue weighted by atomic mass is 10.1. The van der Waals surface area contributed by atoms with Crippen LogP contribution in [0.25, 0.3) is 6.08 Å². The van der Waals surface area contributed by atoms with Crippen molar-refractivity contribution in [3.63, 3.8) is 0 Å². The lowest BCUT2D eigenvalue weighted by Gasteiger charge is -2.10. The zero-order chi connectivity index (χ0) is 18.7. The second kappa shape index (κ2) is 7.31. The van der Waals surface area contributed by atoms with Crippen LogP contribution in [0, 0.1) is 0 Å². The van der Waals surface area contributed by atoms with Gasteiger partial charge in [0.2, 0.25) is 5.78 Å². The Hall–Kier alpha value is -3.28. The molecule has 3 rings (SSSR count). The van der Waals surface area contributed by atoms with Crippen molar-refractivity contribution < 1.29 is 28.9 Å². The largest absolute Gasteiger partial charge is 0.497 e. The van der Waals surface area contributed by atoms with E-state index in [1.54, 1.807) is 31.4 Å². The van der Waals surface area contributed by atoms with E-state index in [0.29, 0.717) is 29.4 Å². The van der Waals surface area contributed by atoms with Crippen molar-refractivity contribution in [3.8, 4) is 17.2 Å². The second-order valence-corrected chi connectivity index (χ2v) is 5.71. The highest BCUT2D eigenvalue weighted by molar-refractivity contribution is 6.15. The predicted molar refractivity (Wildman–Crippen MR) is 95.1 cm³/mol. The minimum atomic E-state index is -1.10. The summed E-state index contributed by atoms with van der Waals surface area (Å²) in [6.07, 6.45) is 2.43. The zero-order valence-corrected chi connectivity index (χ0v) is 14.4. The Bertz CT molecular complexity index is 897. The molecule has 0 unspecified atom stereocenters. The normalized spacial score (nSPS) is 14.1. The quantitative estimate of drug-likeness (QED) is 0.795. The molecule has 0 bridgehead atoms. The Balaban J connectivity index is 1.98. The van der Waals surface area contributed by atoms with Crippen molar-refractivity contribution in [1.82, 2.24) is 0 Å². The first-order chi connectivity index (χ1) is 12.5. The average Bonchev–Trinajstić information content (AvgIpc) is 2.95. The van der Waals surface area contributed by atoms with Gasteiger partial charge in [-0.3, -0.25) is 4.79 Å². The van der Waals surface area contributed by atoms with E-state index >= 15 is 0 Å². The van der Waals surface area contributed by atoms with Crippen molar-refractivity contribution in [1.29, 1.82) is 0 Å². The predicted octanol–water partition coefficient (Wildman–Crippen LogP) is 3.80. The smallest absolute Gasteiger partial charge is 0.335 e. The highest BCUT2D eigenvalue weighted by Crippen LogP contribution is 2.34. The van der Waals surface area contributed by atoms with Crippen LogP contribution >= 0.6 is 0 Å². The summed E-state index contributed by atoms with van der Waals surface area (Å²) in [5.41, 5.74) is 0.915. The first kappa shape index (κ1) is 17.5. The first-order valence-electron chi connectivity index (χ1n) is 8.16. The summed E-state index contributed by atoms with van der Waals surface area (Å²) in [7, 11) is 1.55. The van der Waals surface area contributed by atoms with Gasteiger partial charge in [0.05, 0.1) is 24.8 Å². The van der Waals surface area contributed by atoms with Crippen LogP contribution in [-0.2, 0) is 0 Å². The molecule has 1 aliphatic heterocycles. The van der Waals surface area contributed by atoms with E-state index in [2.05, 4.69) is 0 Å². The monoisotopic (exact) mass is 354 g/mol. The van der Waals surface area contributed by atoms with E-state index in [1.165, 1.54) is 18.2 Å². The summed E-state index contributed by atoms with van der Waals surface area (Å²) >= 11 is 0. The molecule has 0 saturated heterocycles. The number of benzene rings is 2. The van der Waals surface area contributed by atoms with Crippen molar-refractivity contribution in [3.05, 3.63) is 58.8 Å². The number of rotatable bonds is 6. The van der Waals surface area contributed by atoms with Crippen LogP contribution in [0.1, 0.15) is 39.6 Å². The third-order valence-electron chi connectivity index (χ3n) is 3.88. The Labute approximate surface area is 150 Å². The molecule has 1 N–H and O–H groups in total. The number of carbonyl (C=O) groups is 2. The van der Waals surface area contributed by atoms with Crippen LogP contribution in [-0.4, -0.2) is 30.6 Å². The number of fused-ring (bicyclic) bond motifs is 1. The van der Waals surface area contributed by atoms with Crippen LogP contribution in [0.3, 0.4) is 0 Å². The maximum atomic E-state index is 12.6. The van der Waals surface area contributed by atoms with Gasteiger partial charge in [-0.25, -0.2) is 4.79 Å². The Morgan fingerprint density at radius 3 is 2.73 bits per heavy atom. The number of carboxylic acid groups (broad SMARTS) is 1.